The first kappa shape index (κ1) is 52.1. The summed E-state index contributed by atoms with van der Waals surface area (Å²) in [5.41, 5.74) is 16.1. The van der Waals surface area contributed by atoms with E-state index in [0.29, 0.717) is 46.5 Å². The SMILES string of the molecule is CCCCC(CC)C(=O)NC1=CC(=[N+](c2ccc(C)cc2)c2ccc(C)cc2C)C=C/C1=C1/C(O)=C(c2ccc(N(c3ccc(C)cc3C)c3ccc(C)cc3C)cc2NC(=O)C(CC)CCCC)C1O. The van der Waals surface area contributed by atoms with Crippen molar-refractivity contribution in [2.45, 2.75) is 134 Å². The molecule has 71 heavy (non-hydrogen) atoms. The highest BCUT2D eigenvalue weighted by atomic mass is 16.3. The largest absolute Gasteiger partial charge is 0.507 e. The summed E-state index contributed by atoms with van der Waals surface area (Å²) >= 11 is 0. The third-order valence-electron chi connectivity index (χ3n) is 14.3. The summed E-state index contributed by atoms with van der Waals surface area (Å²) < 4.78 is 2.19. The molecule has 5 aromatic carbocycles. The van der Waals surface area contributed by atoms with Gasteiger partial charge in [-0.25, -0.2) is 0 Å². The Bertz CT molecular complexity index is 2920. The second kappa shape index (κ2) is 23.0. The van der Waals surface area contributed by atoms with Crippen molar-refractivity contribution in [1.82, 2.24) is 9.89 Å². The van der Waals surface area contributed by atoms with E-state index >= 15 is 0 Å². The molecule has 4 N–H and O–H groups in total. The molecule has 0 saturated carbocycles. The molecule has 0 fully saturated rings. The maximum absolute atomic E-state index is 14.3. The minimum atomic E-state index is -1.25. The van der Waals surface area contributed by atoms with Crippen molar-refractivity contribution in [3.05, 3.63) is 182 Å². The maximum atomic E-state index is 14.3. The first-order valence-corrected chi connectivity index (χ1v) is 25.9. The fraction of sp³-hybridized carbons (Fsp3) is 0.349. The number of benzene rings is 5. The molecule has 0 bridgehead atoms. The van der Waals surface area contributed by atoms with Gasteiger partial charge in [0.2, 0.25) is 28.9 Å². The number of aliphatic hydroxyl groups is 2. The zero-order valence-corrected chi connectivity index (χ0v) is 44.0. The van der Waals surface area contributed by atoms with Crippen LogP contribution in [-0.2, 0) is 9.59 Å². The summed E-state index contributed by atoms with van der Waals surface area (Å²) in [6, 6.07) is 33.5. The van der Waals surface area contributed by atoms with E-state index in [9.17, 15) is 19.8 Å². The molecule has 370 valence electrons. The molecule has 8 nitrogen and oxygen atoms in total. The van der Waals surface area contributed by atoms with Crippen molar-refractivity contribution < 1.29 is 19.8 Å². The molecule has 3 atom stereocenters. The van der Waals surface area contributed by atoms with Crippen LogP contribution in [0.3, 0.4) is 0 Å². The van der Waals surface area contributed by atoms with Crippen LogP contribution in [-0.4, -0.2) is 33.8 Å². The molecule has 5 aromatic rings. The minimum Gasteiger partial charge on any atom is -0.507 e. The van der Waals surface area contributed by atoms with Gasteiger partial charge in [0.25, 0.3) is 0 Å². The number of unbranched alkanes of at least 4 members (excludes halogenated alkanes) is 2. The maximum Gasteiger partial charge on any atom is 0.227 e. The lowest BCUT2D eigenvalue weighted by atomic mass is 9.77. The number of rotatable bonds is 18. The number of aliphatic hydroxyl groups excluding tert-OH is 2. The molecule has 0 aliphatic heterocycles. The molecule has 2 aliphatic carbocycles. The van der Waals surface area contributed by atoms with Gasteiger partial charge in [-0.15, -0.1) is 0 Å². The normalized spacial score (nSPS) is 17.1. The van der Waals surface area contributed by atoms with Gasteiger partial charge in [-0.05, 0) is 122 Å². The lowest BCUT2D eigenvalue weighted by Gasteiger charge is -2.34. The molecule has 2 aliphatic rings. The number of nitrogens with zero attached hydrogens (tertiary/aromatic N) is 2. The number of anilines is 4. The average Bonchev–Trinajstić information content (AvgIpc) is 3.33. The topological polar surface area (TPSA) is 105 Å². The Morgan fingerprint density at radius 1 is 0.620 bits per heavy atom. The average molecular weight is 952 g/mol. The summed E-state index contributed by atoms with van der Waals surface area (Å²) in [7, 11) is 0. The molecule has 0 heterocycles. The van der Waals surface area contributed by atoms with Crippen molar-refractivity contribution in [2.75, 3.05) is 10.2 Å². The number of amides is 2. The van der Waals surface area contributed by atoms with E-state index in [1.54, 1.807) is 0 Å². The Kier molecular flexibility index (Phi) is 16.8. The molecule has 3 unspecified atom stereocenters. The third kappa shape index (κ3) is 11.4. The number of hydrogen-bond acceptors (Lipinski definition) is 5. The predicted octanol–water partition coefficient (Wildman–Crippen LogP) is 15.2. The van der Waals surface area contributed by atoms with E-state index < -0.39 is 6.10 Å². The van der Waals surface area contributed by atoms with Crippen LogP contribution in [0.25, 0.3) is 5.57 Å². The van der Waals surface area contributed by atoms with Gasteiger partial charge in [0.05, 0.1) is 11.4 Å². The summed E-state index contributed by atoms with van der Waals surface area (Å²) in [5.74, 6) is -0.717. The van der Waals surface area contributed by atoms with Crippen LogP contribution in [0.4, 0.5) is 34.1 Å². The summed E-state index contributed by atoms with van der Waals surface area (Å²) in [5, 5.41) is 31.5. The lowest BCUT2D eigenvalue weighted by Crippen LogP contribution is -2.35. The highest BCUT2D eigenvalue weighted by Crippen LogP contribution is 2.48. The Hall–Kier alpha value is -6.77. The van der Waals surface area contributed by atoms with Gasteiger partial charge in [0.1, 0.15) is 11.9 Å². The van der Waals surface area contributed by atoms with Gasteiger partial charge in [-0.1, -0.05) is 124 Å². The van der Waals surface area contributed by atoms with Gasteiger partial charge in [-0.3, -0.25) is 9.59 Å². The highest BCUT2D eigenvalue weighted by Gasteiger charge is 2.40. The fourth-order valence-electron chi connectivity index (χ4n) is 10.1. The highest BCUT2D eigenvalue weighted by molar-refractivity contribution is 6.11. The van der Waals surface area contributed by atoms with Crippen LogP contribution in [0.2, 0.25) is 0 Å². The van der Waals surface area contributed by atoms with E-state index in [0.717, 1.165) is 112 Å². The third-order valence-corrected chi connectivity index (χ3v) is 14.3. The summed E-state index contributed by atoms with van der Waals surface area (Å²) in [4.78, 5) is 30.8. The first-order valence-electron chi connectivity index (χ1n) is 25.9. The molecule has 0 saturated heterocycles. The molecule has 0 aromatic heterocycles. The number of carbonyl (C=O) groups is 2. The van der Waals surface area contributed by atoms with E-state index in [2.05, 4.69) is 161 Å². The van der Waals surface area contributed by atoms with Crippen molar-refractivity contribution in [1.29, 1.82) is 0 Å². The van der Waals surface area contributed by atoms with Gasteiger partial charge in [0, 0.05) is 87.1 Å². The molecular weight excluding hydrogens is 877 g/mol. The molecule has 0 spiro atoms. The van der Waals surface area contributed by atoms with Gasteiger partial charge >= 0.3 is 0 Å². The fourth-order valence-corrected chi connectivity index (χ4v) is 10.1. The molecule has 7 rings (SSSR count). The Labute approximate surface area is 423 Å². The van der Waals surface area contributed by atoms with E-state index in [4.69, 9.17) is 0 Å². The van der Waals surface area contributed by atoms with Crippen LogP contribution in [0.5, 0.6) is 0 Å². The number of hydrogen-bond donors (Lipinski definition) is 4. The number of nitrogens with one attached hydrogen (secondary N) is 2. The Morgan fingerprint density at radius 3 is 1.68 bits per heavy atom. The van der Waals surface area contributed by atoms with Gasteiger partial charge in [0.15, 0.2) is 0 Å². The van der Waals surface area contributed by atoms with Gasteiger partial charge < -0.3 is 25.7 Å². The second-order valence-corrected chi connectivity index (χ2v) is 19.9. The van der Waals surface area contributed by atoms with Crippen molar-refractivity contribution in [2.24, 2.45) is 11.8 Å². The van der Waals surface area contributed by atoms with Gasteiger partial charge in [-0.2, -0.15) is 4.58 Å². The molecule has 8 heteroatoms. The number of carbonyl (C=O) groups excluding carboxylic acids is 2. The van der Waals surface area contributed by atoms with Crippen LogP contribution in [0.15, 0.2) is 138 Å². The molecule has 0 radical (unpaired) electrons. The number of aryl methyl sites for hydroxylation is 7. The molecule has 2 amide bonds. The van der Waals surface area contributed by atoms with Crippen molar-refractivity contribution >= 4 is 57.2 Å². The van der Waals surface area contributed by atoms with E-state index in [1.807, 2.05) is 50.3 Å². The Morgan fingerprint density at radius 2 is 1.15 bits per heavy atom. The van der Waals surface area contributed by atoms with Crippen molar-refractivity contribution in [3.8, 4) is 0 Å². The smallest absolute Gasteiger partial charge is 0.227 e. The quantitative estimate of drug-likeness (QED) is 0.0655. The van der Waals surface area contributed by atoms with Crippen LogP contribution >= 0.6 is 0 Å². The Balaban J connectivity index is 1.42. The molecular formula is C63H75N4O4+. The standard InChI is InChI=1S/C63H74N4O4/c1-12-16-18-46(14-3)62(70)64-53-37-49(66(48-25-20-39(5)21-26-48)55-31-22-40(6)34-43(55)9)27-29-51(53)58-60(68)59(61(58)69)52-30-28-50(38-54(52)65-63(71)47(15-4)19-17-13-2)67(56-32-23-41(7)35-44(56)10)57-33-24-42(8)36-45(57)11/h20-38,46-47,60,68H,12-19H2,1-11H3,(H2,64,65,69,70,71)/p+1. The zero-order chi connectivity index (χ0) is 51.1. The summed E-state index contributed by atoms with van der Waals surface area (Å²) in [6.07, 6.45) is 11.3. The number of allylic oxidation sites excluding steroid dienone is 3. The monoisotopic (exact) mass is 952 g/mol. The zero-order valence-electron chi connectivity index (χ0n) is 44.0. The lowest BCUT2D eigenvalue weighted by molar-refractivity contribution is -0.124. The van der Waals surface area contributed by atoms with Crippen LogP contribution in [0, 0.1) is 60.3 Å². The van der Waals surface area contributed by atoms with E-state index in [-0.39, 0.29) is 29.4 Å². The van der Waals surface area contributed by atoms with E-state index in [1.165, 1.54) is 0 Å². The van der Waals surface area contributed by atoms with Crippen molar-refractivity contribution in [3.63, 3.8) is 0 Å². The van der Waals surface area contributed by atoms with Crippen LogP contribution < -0.4 is 20.1 Å². The second-order valence-electron chi connectivity index (χ2n) is 19.9. The summed E-state index contributed by atoms with van der Waals surface area (Å²) in [6.45, 7) is 23.0. The van der Waals surface area contributed by atoms with Crippen LogP contribution in [0.1, 0.15) is 124 Å². The predicted molar refractivity (Wildman–Crippen MR) is 297 cm³/mol. The first-order chi connectivity index (χ1) is 34.1. The minimum absolute atomic E-state index is 0.0922.